The molecular weight excluding hydrogens is 376 g/mol. The van der Waals surface area contributed by atoms with Gasteiger partial charge < -0.3 is 5.32 Å². The first kappa shape index (κ1) is 20.3. The molecule has 1 fully saturated rings. The van der Waals surface area contributed by atoms with Gasteiger partial charge in [0.15, 0.2) is 0 Å². The van der Waals surface area contributed by atoms with Gasteiger partial charge in [0.2, 0.25) is 5.91 Å². The molecule has 0 saturated carbocycles. The van der Waals surface area contributed by atoms with Crippen molar-refractivity contribution in [1.82, 2.24) is 24.6 Å². The van der Waals surface area contributed by atoms with Gasteiger partial charge in [0, 0.05) is 45.0 Å². The predicted octanol–water partition coefficient (Wildman–Crippen LogP) is 2.64. The number of pyridine rings is 1. The molecule has 0 atom stereocenters. The molecule has 7 heteroatoms. The summed E-state index contributed by atoms with van der Waals surface area (Å²) in [5.41, 5.74) is 4.08. The zero-order valence-corrected chi connectivity index (χ0v) is 17.6. The average Bonchev–Trinajstić information content (AvgIpc) is 3.10. The van der Waals surface area contributed by atoms with Crippen LogP contribution in [0.2, 0.25) is 0 Å². The first-order chi connectivity index (χ1) is 14.6. The summed E-state index contributed by atoms with van der Waals surface area (Å²) in [4.78, 5) is 21.7. The Morgan fingerprint density at radius 2 is 1.73 bits per heavy atom. The molecule has 30 heavy (non-hydrogen) atoms. The molecule has 1 amide bonds. The van der Waals surface area contributed by atoms with E-state index in [2.05, 4.69) is 38.2 Å². The molecule has 0 bridgehead atoms. The van der Waals surface area contributed by atoms with Gasteiger partial charge in [-0.3, -0.25) is 19.6 Å². The number of nitrogens with zero attached hydrogens (tertiary/aromatic N) is 5. The third-order valence-electron chi connectivity index (χ3n) is 5.32. The van der Waals surface area contributed by atoms with Crippen molar-refractivity contribution < 1.29 is 4.79 Å². The van der Waals surface area contributed by atoms with Gasteiger partial charge in [-0.25, -0.2) is 4.68 Å². The predicted molar refractivity (Wildman–Crippen MR) is 118 cm³/mol. The van der Waals surface area contributed by atoms with Crippen molar-refractivity contribution in [2.45, 2.75) is 20.4 Å². The van der Waals surface area contributed by atoms with E-state index in [1.807, 2.05) is 55.6 Å². The number of anilines is 1. The molecule has 156 valence electrons. The maximum atomic E-state index is 12.7. The van der Waals surface area contributed by atoms with Crippen molar-refractivity contribution in [1.29, 1.82) is 0 Å². The minimum atomic E-state index is -0.0126. The van der Waals surface area contributed by atoms with E-state index in [4.69, 9.17) is 0 Å². The monoisotopic (exact) mass is 404 g/mol. The summed E-state index contributed by atoms with van der Waals surface area (Å²) in [7, 11) is 0. The number of benzene rings is 1. The minimum absolute atomic E-state index is 0.0126. The Labute approximate surface area is 177 Å². The standard InChI is InChI=1S/C23H28N6O/c1-18-6-8-21(9-7-18)29-22(15-19(2)26-29)25-23(30)17-28-13-11-27(12-14-28)16-20-5-3-4-10-24-20/h3-10,15H,11-14,16-17H2,1-2H3,(H,25,30). The number of aromatic nitrogens is 3. The molecule has 2 aromatic heterocycles. The molecule has 0 unspecified atom stereocenters. The molecule has 1 aliphatic heterocycles. The van der Waals surface area contributed by atoms with Gasteiger partial charge in [0.05, 0.1) is 23.6 Å². The van der Waals surface area contributed by atoms with E-state index in [9.17, 15) is 4.79 Å². The highest BCUT2D eigenvalue weighted by Crippen LogP contribution is 2.18. The van der Waals surface area contributed by atoms with Crippen molar-refractivity contribution in [3.8, 4) is 5.69 Å². The zero-order valence-electron chi connectivity index (χ0n) is 17.6. The highest BCUT2D eigenvalue weighted by molar-refractivity contribution is 5.91. The van der Waals surface area contributed by atoms with E-state index in [-0.39, 0.29) is 5.91 Å². The van der Waals surface area contributed by atoms with Crippen molar-refractivity contribution >= 4 is 11.7 Å². The van der Waals surface area contributed by atoms with Crippen molar-refractivity contribution in [2.24, 2.45) is 0 Å². The lowest BCUT2D eigenvalue weighted by atomic mass is 10.2. The molecule has 1 saturated heterocycles. The third-order valence-corrected chi connectivity index (χ3v) is 5.32. The Hall–Kier alpha value is -3.03. The fraction of sp³-hybridized carbons (Fsp3) is 0.348. The van der Waals surface area contributed by atoms with Gasteiger partial charge in [-0.15, -0.1) is 0 Å². The number of rotatable bonds is 6. The summed E-state index contributed by atoms with van der Waals surface area (Å²) in [6, 6.07) is 16.0. The molecule has 4 rings (SSSR count). The lowest BCUT2D eigenvalue weighted by Crippen LogP contribution is -2.48. The van der Waals surface area contributed by atoms with Gasteiger partial charge in [-0.05, 0) is 38.1 Å². The number of hydrogen-bond donors (Lipinski definition) is 1. The molecule has 1 aromatic carbocycles. The van der Waals surface area contributed by atoms with Crippen LogP contribution in [0.3, 0.4) is 0 Å². The largest absolute Gasteiger partial charge is 0.309 e. The maximum Gasteiger partial charge on any atom is 0.239 e. The minimum Gasteiger partial charge on any atom is -0.309 e. The molecule has 3 aromatic rings. The second-order valence-corrected chi connectivity index (χ2v) is 7.84. The molecule has 0 aliphatic carbocycles. The number of carbonyl (C=O) groups is 1. The number of piperazine rings is 1. The van der Waals surface area contributed by atoms with Crippen LogP contribution in [0.5, 0.6) is 0 Å². The first-order valence-electron chi connectivity index (χ1n) is 10.3. The van der Waals surface area contributed by atoms with Gasteiger partial charge in [0.1, 0.15) is 5.82 Å². The van der Waals surface area contributed by atoms with Gasteiger partial charge in [-0.1, -0.05) is 23.8 Å². The normalized spacial score (nSPS) is 15.3. The molecule has 1 aliphatic rings. The van der Waals surface area contributed by atoms with Crippen molar-refractivity contribution in [3.63, 3.8) is 0 Å². The third kappa shape index (κ3) is 5.11. The van der Waals surface area contributed by atoms with Gasteiger partial charge in [-0.2, -0.15) is 5.10 Å². The molecule has 1 N–H and O–H groups in total. The highest BCUT2D eigenvalue weighted by Gasteiger charge is 2.20. The number of aryl methyl sites for hydroxylation is 2. The first-order valence-corrected chi connectivity index (χ1v) is 10.3. The SMILES string of the molecule is Cc1ccc(-n2nc(C)cc2NC(=O)CN2CCN(Cc3ccccn3)CC2)cc1. The highest BCUT2D eigenvalue weighted by atomic mass is 16.2. The summed E-state index contributed by atoms with van der Waals surface area (Å²) >= 11 is 0. The van der Waals surface area contributed by atoms with E-state index >= 15 is 0 Å². The van der Waals surface area contributed by atoms with E-state index in [0.29, 0.717) is 12.4 Å². The van der Waals surface area contributed by atoms with Gasteiger partial charge in [0.25, 0.3) is 0 Å². The van der Waals surface area contributed by atoms with Crippen LogP contribution in [0, 0.1) is 13.8 Å². The summed E-state index contributed by atoms with van der Waals surface area (Å²) < 4.78 is 1.79. The number of amides is 1. The summed E-state index contributed by atoms with van der Waals surface area (Å²) in [6.07, 6.45) is 1.83. The second kappa shape index (κ2) is 9.19. The lowest BCUT2D eigenvalue weighted by Gasteiger charge is -2.34. The van der Waals surface area contributed by atoms with Crippen LogP contribution in [0.15, 0.2) is 54.7 Å². The fourth-order valence-electron chi connectivity index (χ4n) is 3.68. The summed E-state index contributed by atoms with van der Waals surface area (Å²) in [5, 5.41) is 7.58. The zero-order chi connectivity index (χ0) is 20.9. The summed E-state index contributed by atoms with van der Waals surface area (Å²) in [5.74, 6) is 0.691. The Morgan fingerprint density at radius 3 is 2.43 bits per heavy atom. The van der Waals surface area contributed by atoms with E-state index in [1.54, 1.807) is 4.68 Å². The number of nitrogens with one attached hydrogen (secondary N) is 1. The fourth-order valence-corrected chi connectivity index (χ4v) is 3.68. The molecule has 0 radical (unpaired) electrons. The van der Waals surface area contributed by atoms with Crippen molar-refractivity contribution in [3.05, 3.63) is 71.7 Å². The summed E-state index contributed by atoms with van der Waals surface area (Å²) in [6.45, 7) is 8.84. The molecule has 0 spiro atoms. The molecular formula is C23H28N6O. The van der Waals surface area contributed by atoms with Crippen molar-refractivity contribution in [2.75, 3.05) is 38.0 Å². The van der Waals surface area contributed by atoms with Crippen LogP contribution in [-0.4, -0.2) is 63.2 Å². The Balaban J connectivity index is 1.31. The van der Waals surface area contributed by atoms with Crippen LogP contribution in [0.25, 0.3) is 5.69 Å². The van der Waals surface area contributed by atoms with Crippen LogP contribution in [0.4, 0.5) is 5.82 Å². The number of carbonyl (C=O) groups excluding carboxylic acids is 1. The van der Waals surface area contributed by atoms with Crippen LogP contribution in [-0.2, 0) is 11.3 Å². The van der Waals surface area contributed by atoms with Crippen LogP contribution >= 0.6 is 0 Å². The second-order valence-electron chi connectivity index (χ2n) is 7.84. The average molecular weight is 405 g/mol. The quantitative estimate of drug-likeness (QED) is 0.684. The molecule has 7 nitrogen and oxygen atoms in total. The van der Waals surface area contributed by atoms with Crippen LogP contribution in [0.1, 0.15) is 17.0 Å². The smallest absolute Gasteiger partial charge is 0.239 e. The van der Waals surface area contributed by atoms with E-state index < -0.39 is 0 Å². The van der Waals surface area contributed by atoms with Gasteiger partial charge >= 0.3 is 0 Å². The maximum absolute atomic E-state index is 12.7. The number of hydrogen-bond acceptors (Lipinski definition) is 5. The Morgan fingerprint density at radius 1 is 1.00 bits per heavy atom. The van der Waals surface area contributed by atoms with Crippen LogP contribution < -0.4 is 5.32 Å². The topological polar surface area (TPSA) is 66.3 Å². The molecule has 3 heterocycles. The Kier molecular flexibility index (Phi) is 6.21. The van der Waals surface area contributed by atoms with E-state index in [1.165, 1.54) is 5.56 Å². The van der Waals surface area contributed by atoms with E-state index in [0.717, 1.165) is 49.8 Å². The Bertz CT molecular complexity index is 975. The lowest BCUT2D eigenvalue weighted by molar-refractivity contribution is -0.117.